The molecule has 0 aliphatic heterocycles. The summed E-state index contributed by atoms with van der Waals surface area (Å²) in [5, 5.41) is 0.912. The average molecular weight is 282 g/mol. The number of ether oxygens (including phenoxy) is 2. The van der Waals surface area contributed by atoms with Gasteiger partial charge in [-0.15, -0.1) is 0 Å². The van der Waals surface area contributed by atoms with Crippen molar-refractivity contribution in [1.29, 1.82) is 0 Å². The molecule has 0 heterocycles. The van der Waals surface area contributed by atoms with Crippen LogP contribution in [0.1, 0.15) is 6.92 Å². The summed E-state index contributed by atoms with van der Waals surface area (Å²) in [5.41, 5.74) is 0. The van der Waals surface area contributed by atoms with Gasteiger partial charge < -0.3 is 9.47 Å². The van der Waals surface area contributed by atoms with Crippen molar-refractivity contribution in [3.63, 3.8) is 0 Å². The molecule has 0 aliphatic carbocycles. The van der Waals surface area contributed by atoms with E-state index in [9.17, 15) is 0 Å². The van der Waals surface area contributed by atoms with Crippen LogP contribution in [0.25, 0.3) is 0 Å². The van der Waals surface area contributed by atoms with Gasteiger partial charge in [0.05, 0.1) is 16.7 Å². The van der Waals surface area contributed by atoms with Gasteiger partial charge in [0.1, 0.15) is 11.5 Å². The summed E-state index contributed by atoms with van der Waals surface area (Å²) < 4.78 is 11.0. The lowest BCUT2D eigenvalue weighted by atomic mass is 10.3. The molecule has 0 aliphatic rings. The maximum atomic E-state index is 6.03. The molecule has 18 heavy (non-hydrogen) atoms. The van der Waals surface area contributed by atoms with Gasteiger partial charge in [0.15, 0.2) is 5.75 Å². The fourth-order valence-electron chi connectivity index (χ4n) is 1.43. The SMILES string of the molecule is CCOc1cc[c]c(Oc2c(Cl)cccc2Cl)c1. The predicted molar refractivity (Wildman–Crippen MR) is 73.0 cm³/mol. The van der Waals surface area contributed by atoms with Gasteiger partial charge >= 0.3 is 0 Å². The van der Waals surface area contributed by atoms with Crippen LogP contribution in [-0.2, 0) is 0 Å². The molecule has 93 valence electrons. The van der Waals surface area contributed by atoms with Gasteiger partial charge in [-0.05, 0) is 31.2 Å². The first-order chi connectivity index (χ1) is 8.70. The summed E-state index contributed by atoms with van der Waals surface area (Å²) in [6.45, 7) is 2.51. The van der Waals surface area contributed by atoms with Gasteiger partial charge in [0.2, 0.25) is 0 Å². The smallest absolute Gasteiger partial charge is 0.164 e. The first-order valence-corrected chi connectivity index (χ1v) is 6.22. The Morgan fingerprint density at radius 1 is 1.17 bits per heavy atom. The van der Waals surface area contributed by atoms with E-state index in [0.29, 0.717) is 28.2 Å². The van der Waals surface area contributed by atoms with Crippen molar-refractivity contribution in [1.82, 2.24) is 0 Å². The first kappa shape index (κ1) is 13.1. The molecule has 2 aromatic carbocycles. The number of halogens is 2. The van der Waals surface area contributed by atoms with Crippen LogP contribution in [0.15, 0.2) is 36.4 Å². The number of benzene rings is 2. The monoisotopic (exact) mass is 281 g/mol. The van der Waals surface area contributed by atoms with Crippen LogP contribution in [0.3, 0.4) is 0 Å². The number of hydrogen-bond acceptors (Lipinski definition) is 2. The van der Waals surface area contributed by atoms with Gasteiger partial charge in [0, 0.05) is 12.1 Å². The average Bonchev–Trinajstić information content (AvgIpc) is 2.35. The third-order valence-corrected chi connectivity index (χ3v) is 2.78. The van der Waals surface area contributed by atoms with E-state index in [1.807, 2.05) is 13.0 Å². The molecule has 0 unspecified atom stereocenters. The van der Waals surface area contributed by atoms with E-state index >= 15 is 0 Å². The molecule has 2 aromatic rings. The molecular formula is C14H11Cl2O2. The second kappa shape index (κ2) is 5.98. The molecule has 0 atom stereocenters. The van der Waals surface area contributed by atoms with Gasteiger partial charge in [0.25, 0.3) is 0 Å². The second-order valence-corrected chi connectivity index (χ2v) is 4.29. The zero-order valence-corrected chi connectivity index (χ0v) is 11.3. The van der Waals surface area contributed by atoms with Crippen molar-refractivity contribution in [2.24, 2.45) is 0 Å². The lowest BCUT2D eigenvalue weighted by Gasteiger charge is -2.10. The summed E-state index contributed by atoms with van der Waals surface area (Å²) in [4.78, 5) is 0. The second-order valence-electron chi connectivity index (χ2n) is 3.47. The van der Waals surface area contributed by atoms with Crippen LogP contribution in [-0.4, -0.2) is 6.61 Å². The maximum Gasteiger partial charge on any atom is 0.164 e. The molecule has 4 heteroatoms. The highest BCUT2D eigenvalue weighted by atomic mass is 35.5. The van der Waals surface area contributed by atoms with Crippen LogP contribution in [0.4, 0.5) is 0 Å². The molecule has 0 N–H and O–H groups in total. The highest BCUT2D eigenvalue weighted by molar-refractivity contribution is 6.37. The Morgan fingerprint density at radius 3 is 2.56 bits per heavy atom. The zero-order chi connectivity index (χ0) is 13.0. The fraction of sp³-hybridized carbons (Fsp3) is 0.143. The van der Waals surface area contributed by atoms with Crippen molar-refractivity contribution < 1.29 is 9.47 Å². The number of hydrogen-bond donors (Lipinski definition) is 0. The fourth-order valence-corrected chi connectivity index (χ4v) is 1.90. The Hall–Kier alpha value is -1.38. The Balaban J connectivity index is 2.26. The van der Waals surface area contributed by atoms with Crippen molar-refractivity contribution in [2.45, 2.75) is 6.92 Å². The van der Waals surface area contributed by atoms with Crippen LogP contribution in [0.5, 0.6) is 17.2 Å². The Kier molecular flexibility index (Phi) is 4.34. The molecule has 0 saturated carbocycles. The molecule has 0 aromatic heterocycles. The quantitative estimate of drug-likeness (QED) is 0.787. The van der Waals surface area contributed by atoms with Crippen molar-refractivity contribution in [3.8, 4) is 17.2 Å². The largest absolute Gasteiger partial charge is 0.494 e. The van der Waals surface area contributed by atoms with Crippen molar-refractivity contribution in [2.75, 3.05) is 6.61 Å². The minimum absolute atomic E-state index is 0.422. The van der Waals surface area contributed by atoms with Gasteiger partial charge in [-0.2, -0.15) is 0 Å². The van der Waals surface area contributed by atoms with Gasteiger partial charge in [-0.3, -0.25) is 0 Å². The first-order valence-electron chi connectivity index (χ1n) is 5.47. The van der Waals surface area contributed by atoms with Crippen molar-refractivity contribution >= 4 is 23.2 Å². The van der Waals surface area contributed by atoms with Gasteiger partial charge in [-0.25, -0.2) is 0 Å². The summed E-state index contributed by atoms with van der Waals surface area (Å²) in [6, 6.07) is 13.4. The van der Waals surface area contributed by atoms with E-state index < -0.39 is 0 Å². The molecule has 2 rings (SSSR count). The summed E-state index contributed by atoms with van der Waals surface area (Å²) in [7, 11) is 0. The number of para-hydroxylation sites is 1. The van der Waals surface area contributed by atoms with Crippen LogP contribution in [0.2, 0.25) is 10.0 Å². The molecule has 0 fully saturated rings. The summed E-state index contributed by atoms with van der Waals surface area (Å²) in [6.07, 6.45) is 0. The molecule has 0 bridgehead atoms. The Bertz CT molecular complexity index is 521. The van der Waals surface area contributed by atoms with Crippen LogP contribution >= 0.6 is 23.2 Å². The van der Waals surface area contributed by atoms with E-state index in [0.717, 1.165) is 5.75 Å². The minimum atomic E-state index is 0.422. The summed E-state index contributed by atoms with van der Waals surface area (Å²) in [5.74, 6) is 1.65. The highest BCUT2D eigenvalue weighted by Gasteiger charge is 2.08. The van der Waals surface area contributed by atoms with Crippen molar-refractivity contribution in [3.05, 3.63) is 52.5 Å². The number of rotatable bonds is 4. The maximum absolute atomic E-state index is 6.03. The zero-order valence-electron chi connectivity index (χ0n) is 9.74. The van der Waals surface area contributed by atoms with E-state index in [1.54, 1.807) is 30.3 Å². The third-order valence-electron chi connectivity index (χ3n) is 2.19. The molecule has 0 spiro atoms. The minimum Gasteiger partial charge on any atom is -0.494 e. The third kappa shape index (κ3) is 3.09. The van der Waals surface area contributed by atoms with E-state index in [-0.39, 0.29) is 0 Å². The van der Waals surface area contributed by atoms with Crippen LogP contribution in [0, 0.1) is 6.07 Å². The van der Waals surface area contributed by atoms with Crippen LogP contribution < -0.4 is 9.47 Å². The lowest BCUT2D eigenvalue weighted by molar-refractivity contribution is 0.338. The molecule has 1 radical (unpaired) electrons. The summed E-state index contributed by atoms with van der Waals surface area (Å²) >= 11 is 12.1. The molecule has 2 nitrogen and oxygen atoms in total. The normalized spacial score (nSPS) is 10.2. The lowest BCUT2D eigenvalue weighted by Crippen LogP contribution is -1.92. The van der Waals surface area contributed by atoms with E-state index in [1.165, 1.54) is 0 Å². The molecular weight excluding hydrogens is 271 g/mol. The standard InChI is InChI=1S/C14H11Cl2O2/c1-2-17-10-5-3-6-11(9-10)18-14-12(15)7-4-8-13(14)16/h3-5,7-9H,2H2,1H3. The predicted octanol–water partition coefficient (Wildman–Crippen LogP) is 4.98. The Labute approximate surface area is 116 Å². The topological polar surface area (TPSA) is 18.5 Å². The Morgan fingerprint density at radius 2 is 1.89 bits per heavy atom. The van der Waals surface area contributed by atoms with Gasteiger partial charge in [-0.1, -0.05) is 29.3 Å². The highest BCUT2D eigenvalue weighted by Crippen LogP contribution is 2.36. The molecule has 0 amide bonds. The van der Waals surface area contributed by atoms with E-state index in [4.69, 9.17) is 32.7 Å². The van der Waals surface area contributed by atoms with E-state index in [2.05, 4.69) is 6.07 Å². The molecule has 0 saturated heterocycles.